The second kappa shape index (κ2) is 5.61. The molecule has 0 bridgehead atoms. The summed E-state index contributed by atoms with van der Waals surface area (Å²) in [6.45, 7) is 3.24. The third-order valence-electron chi connectivity index (χ3n) is 4.37. The molecule has 0 spiro atoms. The first-order valence-corrected chi connectivity index (χ1v) is 7.36. The van der Waals surface area contributed by atoms with Gasteiger partial charge in [-0.1, -0.05) is 38.3 Å². The van der Waals surface area contributed by atoms with Crippen LogP contribution in [-0.2, 0) is 6.54 Å². The number of anilines is 1. The molecule has 1 heterocycles. The third-order valence-corrected chi connectivity index (χ3v) is 4.37. The first-order chi connectivity index (χ1) is 9.74. The fourth-order valence-corrected chi connectivity index (χ4v) is 3.10. The molecule has 2 N–H and O–H groups in total. The number of hydrogen-bond donors (Lipinski definition) is 1. The molecule has 2 unspecified atom stereocenters. The Morgan fingerprint density at radius 2 is 2.15 bits per heavy atom. The Labute approximate surface area is 119 Å². The van der Waals surface area contributed by atoms with Gasteiger partial charge in [0.05, 0.1) is 0 Å². The minimum atomic E-state index is 0.673. The first kappa shape index (κ1) is 13.1. The fraction of sp³-hybridized carbons (Fsp3) is 0.533. The van der Waals surface area contributed by atoms with Gasteiger partial charge < -0.3 is 5.73 Å². The van der Waals surface area contributed by atoms with Gasteiger partial charge in [-0.15, -0.1) is 5.10 Å². The summed E-state index contributed by atoms with van der Waals surface area (Å²) in [5.41, 5.74) is 7.57. The van der Waals surface area contributed by atoms with Crippen molar-refractivity contribution in [3.05, 3.63) is 24.3 Å². The van der Waals surface area contributed by atoms with Gasteiger partial charge in [0.2, 0.25) is 0 Å². The smallest absolute Gasteiger partial charge is 0.182 e. The van der Waals surface area contributed by atoms with E-state index in [0.29, 0.717) is 5.92 Å². The Kier molecular flexibility index (Phi) is 3.67. The van der Waals surface area contributed by atoms with Gasteiger partial charge in [-0.25, -0.2) is 4.68 Å². The summed E-state index contributed by atoms with van der Waals surface area (Å²) < 4.78 is 1.93. The summed E-state index contributed by atoms with van der Waals surface area (Å²) in [4.78, 5) is 0. The van der Waals surface area contributed by atoms with Gasteiger partial charge in [0.25, 0.3) is 0 Å². The van der Waals surface area contributed by atoms with E-state index in [1.807, 2.05) is 28.9 Å². The van der Waals surface area contributed by atoms with Crippen LogP contribution in [0.15, 0.2) is 24.3 Å². The lowest BCUT2D eigenvalue weighted by Crippen LogP contribution is -2.23. The predicted molar refractivity (Wildman–Crippen MR) is 78.8 cm³/mol. The summed E-state index contributed by atoms with van der Waals surface area (Å²) in [5.74, 6) is 2.24. The maximum atomic E-state index is 5.84. The number of benzene rings is 1. The van der Waals surface area contributed by atoms with E-state index in [2.05, 4.69) is 22.4 Å². The maximum Gasteiger partial charge on any atom is 0.182 e. The van der Waals surface area contributed by atoms with Crippen molar-refractivity contribution < 1.29 is 0 Å². The topological polar surface area (TPSA) is 69.6 Å². The summed E-state index contributed by atoms with van der Waals surface area (Å²) in [6.07, 6.45) is 5.28. The average molecular weight is 271 g/mol. The zero-order valence-corrected chi connectivity index (χ0v) is 11.9. The van der Waals surface area contributed by atoms with Crippen LogP contribution in [0.1, 0.15) is 32.6 Å². The highest BCUT2D eigenvalue weighted by Gasteiger charge is 2.23. The van der Waals surface area contributed by atoms with E-state index in [0.717, 1.165) is 29.5 Å². The molecule has 20 heavy (non-hydrogen) atoms. The molecule has 1 aromatic carbocycles. The highest BCUT2D eigenvalue weighted by molar-refractivity contribution is 5.60. The van der Waals surface area contributed by atoms with Crippen LogP contribution in [-0.4, -0.2) is 20.2 Å². The molecule has 1 fully saturated rings. The number of aromatic nitrogens is 4. The molecule has 5 heteroatoms. The number of nitrogens with two attached hydrogens (primary N) is 1. The van der Waals surface area contributed by atoms with E-state index in [4.69, 9.17) is 5.73 Å². The van der Waals surface area contributed by atoms with E-state index in [1.165, 1.54) is 25.7 Å². The molecule has 1 aliphatic rings. The minimum absolute atomic E-state index is 0.673. The van der Waals surface area contributed by atoms with Crippen LogP contribution in [0.4, 0.5) is 5.69 Å². The highest BCUT2D eigenvalue weighted by atomic mass is 15.5. The van der Waals surface area contributed by atoms with Gasteiger partial charge in [0.15, 0.2) is 5.82 Å². The van der Waals surface area contributed by atoms with Crippen LogP contribution < -0.4 is 5.73 Å². The Morgan fingerprint density at radius 3 is 2.95 bits per heavy atom. The minimum Gasteiger partial charge on any atom is -0.399 e. The number of nitrogens with zero attached hydrogens (tertiary/aromatic N) is 4. The summed E-state index contributed by atoms with van der Waals surface area (Å²) in [7, 11) is 0. The Morgan fingerprint density at radius 1 is 1.30 bits per heavy atom. The van der Waals surface area contributed by atoms with Gasteiger partial charge in [-0.3, -0.25) is 0 Å². The largest absolute Gasteiger partial charge is 0.399 e. The first-order valence-electron chi connectivity index (χ1n) is 7.36. The Hall–Kier alpha value is -1.91. The van der Waals surface area contributed by atoms with Crippen molar-refractivity contribution in [2.45, 2.75) is 39.2 Å². The van der Waals surface area contributed by atoms with Crippen LogP contribution in [0.5, 0.6) is 0 Å². The second-order valence-electron chi connectivity index (χ2n) is 5.83. The average Bonchev–Trinajstić information content (AvgIpc) is 2.90. The lowest BCUT2D eigenvalue weighted by molar-refractivity contribution is 0.221. The van der Waals surface area contributed by atoms with Crippen molar-refractivity contribution in [2.75, 3.05) is 5.73 Å². The Bertz CT molecular complexity index is 577. The number of hydrogen-bond acceptors (Lipinski definition) is 4. The van der Waals surface area contributed by atoms with Gasteiger partial charge in [0, 0.05) is 17.8 Å². The molecule has 1 aliphatic carbocycles. The molecule has 0 radical (unpaired) electrons. The van der Waals surface area contributed by atoms with Crippen LogP contribution >= 0.6 is 0 Å². The molecular formula is C15H21N5. The molecule has 2 atom stereocenters. The van der Waals surface area contributed by atoms with E-state index in [1.54, 1.807) is 0 Å². The van der Waals surface area contributed by atoms with Gasteiger partial charge in [-0.2, -0.15) is 0 Å². The van der Waals surface area contributed by atoms with Crippen LogP contribution in [0.2, 0.25) is 0 Å². The van der Waals surface area contributed by atoms with Crippen molar-refractivity contribution >= 4 is 5.69 Å². The SMILES string of the molecule is CC1CCCCC1Cn1nnnc1-c1cccc(N)c1. The molecular weight excluding hydrogens is 250 g/mol. The van der Waals surface area contributed by atoms with E-state index in [-0.39, 0.29) is 0 Å². The standard InChI is InChI=1S/C15H21N5/c1-11-5-2-3-6-13(11)10-20-15(17-18-19-20)12-7-4-8-14(16)9-12/h4,7-9,11,13H,2-3,5-6,10,16H2,1H3. The fourth-order valence-electron chi connectivity index (χ4n) is 3.10. The zero-order valence-electron chi connectivity index (χ0n) is 11.9. The third kappa shape index (κ3) is 2.66. The Balaban J connectivity index is 1.83. The number of tetrazole rings is 1. The normalized spacial score (nSPS) is 22.9. The van der Waals surface area contributed by atoms with Crippen molar-refractivity contribution in [3.8, 4) is 11.4 Å². The van der Waals surface area contributed by atoms with Crippen molar-refractivity contribution in [1.29, 1.82) is 0 Å². The molecule has 0 aliphatic heterocycles. The van der Waals surface area contributed by atoms with E-state index >= 15 is 0 Å². The molecule has 106 valence electrons. The summed E-state index contributed by atoms with van der Waals surface area (Å²) in [6, 6.07) is 7.74. The van der Waals surface area contributed by atoms with Gasteiger partial charge in [-0.05, 0) is 40.8 Å². The zero-order chi connectivity index (χ0) is 13.9. The van der Waals surface area contributed by atoms with Crippen molar-refractivity contribution in [2.24, 2.45) is 11.8 Å². The molecule has 5 nitrogen and oxygen atoms in total. The van der Waals surface area contributed by atoms with Crippen LogP contribution in [0, 0.1) is 11.8 Å². The monoisotopic (exact) mass is 271 g/mol. The van der Waals surface area contributed by atoms with Crippen molar-refractivity contribution in [1.82, 2.24) is 20.2 Å². The highest BCUT2D eigenvalue weighted by Crippen LogP contribution is 2.31. The van der Waals surface area contributed by atoms with Gasteiger partial charge >= 0.3 is 0 Å². The van der Waals surface area contributed by atoms with Crippen LogP contribution in [0.3, 0.4) is 0 Å². The maximum absolute atomic E-state index is 5.84. The second-order valence-corrected chi connectivity index (χ2v) is 5.83. The molecule has 1 aromatic heterocycles. The summed E-state index contributed by atoms with van der Waals surface area (Å²) in [5, 5.41) is 12.2. The van der Waals surface area contributed by atoms with E-state index < -0.39 is 0 Å². The molecule has 3 rings (SSSR count). The summed E-state index contributed by atoms with van der Waals surface area (Å²) >= 11 is 0. The lowest BCUT2D eigenvalue weighted by atomic mass is 9.80. The molecule has 0 amide bonds. The lowest BCUT2D eigenvalue weighted by Gasteiger charge is -2.28. The van der Waals surface area contributed by atoms with E-state index in [9.17, 15) is 0 Å². The van der Waals surface area contributed by atoms with Crippen molar-refractivity contribution in [3.63, 3.8) is 0 Å². The van der Waals surface area contributed by atoms with Gasteiger partial charge in [0.1, 0.15) is 0 Å². The molecule has 2 aromatic rings. The molecule has 1 saturated carbocycles. The van der Waals surface area contributed by atoms with Crippen LogP contribution in [0.25, 0.3) is 11.4 Å². The molecule has 0 saturated heterocycles. The number of nitrogen functional groups attached to an aromatic ring is 1. The predicted octanol–water partition coefficient (Wildman–Crippen LogP) is 2.75. The number of rotatable bonds is 3. The quantitative estimate of drug-likeness (QED) is 0.871.